The number of amides is 3. The van der Waals surface area contributed by atoms with E-state index in [4.69, 9.17) is 5.11 Å². The topological polar surface area (TPSA) is 162 Å². The van der Waals surface area contributed by atoms with Gasteiger partial charge < -0.3 is 26.2 Å². The highest BCUT2D eigenvalue weighted by Gasteiger charge is 2.65. The zero-order chi connectivity index (χ0) is 26.1. The van der Waals surface area contributed by atoms with Crippen LogP contribution in [0.2, 0.25) is 0 Å². The lowest BCUT2D eigenvalue weighted by Gasteiger charge is -2.39. The summed E-state index contributed by atoms with van der Waals surface area (Å²) in [6.07, 6.45) is 3.34. The van der Waals surface area contributed by atoms with Gasteiger partial charge >= 0.3 is 5.97 Å². The smallest absolute Gasteiger partial charge is 0.322 e. The average molecular weight is 506 g/mol. The number of hydrogen-bond donors (Lipinski definition) is 5. The van der Waals surface area contributed by atoms with Gasteiger partial charge in [0.1, 0.15) is 18.2 Å². The molecule has 3 rings (SSSR count). The van der Waals surface area contributed by atoms with Gasteiger partial charge in [-0.25, -0.2) is 0 Å². The molecule has 10 nitrogen and oxygen atoms in total. The molecule has 1 saturated carbocycles. The summed E-state index contributed by atoms with van der Waals surface area (Å²) in [6, 6.07) is -0.905. The van der Waals surface area contributed by atoms with Crippen LogP contribution in [0.4, 0.5) is 0 Å². The summed E-state index contributed by atoms with van der Waals surface area (Å²) in [4.78, 5) is 59.5. The van der Waals surface area contributed by atoms with E-state index in [0.717, 1.165) is 35.1 Å². The van der Waals surface area contributed by atoms with E-state index in [1.807, 2.05) is 19.9 Å². The SMILES string of the molecule is CC(=O)N[C@H](CSCC1=C(C)C=C2C(=O)[C@](C)(O)C3(CC3)C(C)=C21)C(=O)NCC(=O)NCC(=O)O. The predicted octanol–water partition coefficient (Wildman–Crippen LogP) is 0.228. The Kier molecular flexibility index (Phi) is 7.61. The molecule has 0 unspecified atom stereocenters. The van der Waals surface area contributed by atoms with Gasteiger partial charge in [-0.2, -0.15) is 11.8 Å². The fourth-order valence-electron chi connectivity index (χ4n) is 4.83. The van der Waals surface area contributed by atoms with Crippen LogP contribution in [-0.4, -0.2) is 75.9 Å². The second-order valence-corrected chi connectivity index (χ2v) is 10.4. The standard InChI is InChI=1S/C24H31N3O7S/c1-12-7-15-20(13(2)24(5-6-24)23(4,34)21(15)32)16(12)10-35-11-17(27-14(3)28)22(33)26-8-18(29)25-9-19(30)31/h7,17,34H,5-6,8-11H2,1-4H3,(H,25,29)(H,26,33)(H,27,28)(H,30,31)/t17-,23+/m1/s1. The van der Waals surface area contributed by atoms with E-state index in [1.165, 1.54) is 18.7 Å². The molecule has 0 aromatic carbocycles. The molecule has 190 valence electrons. The van der Waals surface area contributed by atoms with Gasteiger partial charge in [0.2, 0.25) is 17.7 Å². The Hall–Kier alpha value is -2.92. The highest BCUT2D eigenvalue weighted by molar-refractivity contribution is 7.99. The second kappa shape index (κ2) is 9.98. The molecule has 1 spiro atoms. The Bertz CT molecular complexity index is 1080. The Morgan fingerprint density at radius 1 is 1.14 bits per heavy atom. The van der Waals surface area contributed by atoms with Crippen molar-refractivity contribution in [2.45, 2.75) is 52.2 Å². The van der Waals surface area contributed by atoms with E-state index < -0.39 is 53.8 Å². The minimum atomic E-state index is -1.42. The quantitative estimate of drug-likeness (QED) is 0.282. The Labute approximate surface area is 207 Å². The number of aliphatic carboxylic acids is 1. The number of nitrogens with one attached hydrogen (secondary N) is 3. The zero-order valence-corrected chi connectivity index (χ0v) is 21.1. The van der Waals surface area contributed by atoms with Crippen LogP contribution in [0, 0.1) is 5.41 Å². The molecule has 0 heterocycles. The molecule has 0 bridgehead atoms. The van der Waals surface area contributed by atoms with Crippen LogP contribution in [0.3, 0.4) is 0 Å². The van der Waals surface area contributed by atoms with Gasteiger partial charge in [0.05, 0.1) is 6.54 Å². The molecule has 5 N–H and O–H groups in total. The molecule has 0 aliphatic heterocycles. The summed E-state index contributed by atoms with van der Waals surface area (Å²) >= 11 is 1.41. The lowest BCUT2D eigenvalue weighted by atomic mass is 9.67. The van der Waals surface area contributed by atoms with Gasteiger partial charge in [0, 0.05) is 29.4 Å². The van der Waals surface area contributed by atoms with E-state index in [2.05, 4.69) is 16.0 Å². The molecule has 3 aliphatic carbocycles. The number of rotatable bonds is 10. The number of thioether (sulfide) groups is 1. The van der Waals surface area contributed by atoms with Gasteiger partial charge in [-0.05, 0) is 56.4 Å². The van der Waals surface area contributed by atoms with Crippen molar-refractivity contribution >= 4 is 41.2 Å². The summed E-state index contributed by atoms with van der Waals surface area (Å²) in [6.45, 7) is 5.80. The van der Waals surface area contributed by atoms with Gasteiger partial charge in [-0.3, -0.25) is 24.0 Å². The largest absolute Gasteiger partial charge is 0.480 e. The minimum absolute atomic E-state index is 0.220. The predicted molar refractivity (Wildman–Crippen MR) is 129 cm³/mol. The number of allylic oxidation sites excluding steroid dienone is 3. The molecule has 2 atom stereocenters. The van der Waals surface area contributed by atoms with Crippen molar-refractivity contribution in [3.63, 3.8) is 0 Å². The van der Waals surface area contributed by atoms with Crippen molar-refractivity contribution in [3.05, 3.63) is 33.9 Å². The molecular weight excluding hydrogens is 474 g/mol. The van der Waals surface area contributed by atoms with E-state index >= 15 is 0 Å². The Balaban J connectivity index is 1.65. The number of Topliss-reactive ketones (excluding diaryl/α,β-unsaturated/α-hetero) is 1. The maximum absolute atomic E-state index is 13.1. The molecular formula is C24H31N3O7S. The molecule has 11 heteroatoms. The lowest BCUT2D eigenvalue weighted by molar-refractivity contribution is -0.138. The normalized spacial score (nSPS) is 23.0. The van der Waals surface area contributed by atoms with Gasteiger partial charge in [0.15, 0.2) is 5.78 Å². The molecule has 1 fully saturated rings. The first-order valence-electron chi connectivity index (χ1n) is 11.3. The molecule has 3 amide bonds. The number of carbonyl (C=O) groups excluding carboxylic acids is 4. The van der Waals surface area contributed by atoms with Crippen molar-refractivity contribution in [2.24, 2.45) is 5.41 Å². The van der Waals surface area contributed by atoms with Crippen LogP contribution in [0.1, 0.15) is 40.5 Å². The number of carboxylic acids is 1. The lowest BCUT2D eigenvalue weighted by Crippen LogP contribution is -2.50. The number of hydrogen-bond acceptors (Lipinski definition) is 7. The fourth-order valence-corrected chi connectivity index (χ4v) is 6.00. The van der Waals surface area contributed by atoms with Gasteiger partial charge in [0.25, 0.3) is 0 Å². The van der Waals surface area contributed by atoms with E-state index in [0.29, 0.717) is 11.3 Å². The van der Waals surface area contributed by atoms with Crippen molar-refractivity contribution < 1.29 is 34.2 Å². The van der Waals surface area contributed by atoms with Crippen molar-refractivity contribution in [1.29, 1.82) is 0 Å². The number of ketones is 1. The first-order chi connectivity index (χ1) is 16.3. The summed E-state index contributed by atoms with van der Waals surface area (Å²) in [5.74, 6) is -2.38. The summed E-state index contributed by atoms with van der Waals surface area (Å²) in [5.41, 5.74) is 2.41. The monoisotopic (exact) mass is 505 g/mol. The summed E-state index contributed by atoms with van der Waals surface area (Å²) in [5, 5.41) is 26.7. The number of carbonyl (C=O) groups is 5. The van der Waals surface area contributed by atoms with Gasteiger partial charge in [-0.15, -0.1) is 0 Å². The van der Waals surface area contributed by atoms with E-state index in [9.17, 15) is 29.1 Å². The first kappa shape index (κ1) is 26.7. The molecule has 0 aromatic rings. The van der Waals surface area contributed by atoms with Crippen molar-refractivity contribution in [3.8, 4) is 0 Å². The maximum Gasteiger partial charge on any atom is 0.322 e. The Morgan fingerprint density at radius 3 is 2.37 bits per heavy atom. The van der Waals surface area contributed by atoms with Crippen LogP contribution >= 0.6 is 11.8 Å². The van der Waals surface area contributed by atoms with E-state index in [1.54, 1.807) is 6.92 Å². The van der Waals surface area contributed by atoms with Crippen LogP contribution in [0.15, 0.2) is 33.9 Å². The van der Waals surface area contributed by atoms with Crippen molar-refractivity contribution in [1.82, 2.24) is 16.0 Å². The maximum atomic E-state index is 13.1. The number of fused-ring (bicyclic) bond motifs is 1. The van der Waals surface area contributed by atoms with Crippen LogP contribution in [0.25, 0.3) is 0 Å². The van der Waals surface area contributed by atoms with Gasteiger partial charge in [-0.1, -0.05) is 5.57 Å². The third-order valence-electron chi connectivity index (χ3n) is 6.95. The molecule has 0 aromatic heterocycles. The number of aliphatic hydroxyl groups is 1. The first-order valence-corrected chi connectivity index (χ1v) is 12.5. The third kappa shape index (κ3) is 5.20. The second-order valence-electron chi connectivity index (χ2n) is 9.36. The van der Waals surface area contributed by atoms with E-state index in [-0.39, 0.29) is 11.5 Å². The highest BCUT2D eigenvalue weighted by atomic mass is 32.2. The van der Waals surface area contributed by atoms with Crippen molar-refractivity contribution in [2.75, 3.05) is 24.6 Å². The molecule has 35 heavy (non-hydrogen) atoms. The highest BCUT2D eigenvalue weighted by Crippen LogP contribution is 2.65. The average Bonchev–Trinajstić information content (AvgIpc) is 3.53. The van der Waals surface area contributed by atoms with Crippen LogP contribution in [0.5, 0.6) is 0 Å². The minimum Gasteiger partial charge on any atom is -0.480 e. The molecule has 3 aliphatic rings. The summed E-state index contributed by atoms with van der Waals surface area (Å²) < 4.78 is 0. The number of carboxylic acid groups (broad SMARTS) is 1. The van der Waals surface area contributed by atoms with Crippen LogP contribution in [-0.2, 0) is 24.0 Å². The molecule has 0 saturated heterocycles. The third-order valence-corrected chi connectivity index (χ3v) is 8.02. The summed E-state index contributed by atoms with van der Waals surface area (Å²) in [7, 11) is 0. The molecule has 0 radical (unpaired) electrons. The zero-order valence-electron chi connectivity index (χ0n) is 20.2. The van der Waals surface area contributed by atoms with Crippen LogP contribution < -0.4 is 16.0 Å². The fraction of sp³-hybridized carbons (Fsp3) is 0.542. The Morgan fingerprint density at radius 2 is 1.80 bits per heavy atom.